The van der Waals surface area contributed by atoms with Gasteiger partial charge in [0.05, 0.1) is 18.8 Å². The van der Waals surface area contributed by atoms with Crippen molar-refractivity contribution in [3.05, 3.63) is 18.0 Å². The van der Waals surface area contributed by atoms with E-state index in [1.54, 1.807) is 12.4 Å². The quantitative estimate of drug-likeness (QED) is 0.737. The van der Waals surface area contributed by atoms with Crippen molar-refractivity contribution in [1.29, 1.82) is 0 Å². The minimum Gasteiger partial charge on any atom is -0.382 e. The molecule has 0 aliphatic carbocycles. The number of nitrogens with zero attached hydrogens (tertiary/aromatic N) is 3. The fraction of sp³-hybridized carbons (Fsp3) is 0.643. The third-order valence-electron chi connectivity index (χ3n) is 3.15. The molecule has 0 spiro atoms. The molecule has 0 saturated carbocycles. The van der Waals surface area contributed by atoms with Crippen molar-refractivity contribution >= 4 is 11.9 Å². The Morgan fingerprint density at radius 1 is 1.38 bits per heavy atom. The molecule has 1 aliphatic rings. The minimum atomic E-state index is -0.153. The van der Waals surface area contributed by atoms with Crippen LogP contribution in [0.5, 0.6) is 0 Å². The highest BCUT2D eigenvalue weighted by atomic mass is 16.5. The Labute approximate surface area is 124 Å². The van der Waals surface area contributed by atoms with Crippen LogP contribution in [0.1, 0.15) is 23.7 Å². The highest BCUT2D eigenvalue weighted by Gasteiger charge is 2.14. The Morgan fingerprint density at radius 2 is 2.10 bits per heavy atom. The van der Waals surface area contributed by atoms with Gasteiger partial charge in [0.15, 0.2) is 0 Å². The van der Waals surface area contributed by atoms with Gasteiger partial charge in [0.1, 0.15) is 0 Å². The highest BCUT2D eigenvalue weighted by molar-refractivity contribution is 5.93. The van der Waals surface area contributed by atoms with Crippen molar-refractivity contribution in [2.24, 2.45) is 0 Å². The monoisotopic (exact) mass is 294 g/mol. The van der Waals surface area contributed by atoms with Gasteiger partial charge in [-0.1, -0.05) is 0 Å². The standard InChI is InChI=1S/C14H22N4O3/c1-2-20-7-3-4-15-13(19)12-10-16-14(17-11-12)18-5-8-21-9-6-18/h10-11H,2-9H2,1H3,(H,15,19). The summed E-state index contributed by atoms with van der Waals surface area (Å²) in [6, 6.07) is 0. The van der Waals surface area contributed by atoms with Crippen LogP contribution in [0.3, 0.4) is 0 Å². The summed E-state index contributed by atoms with van der Waals surface area (Å²) in [6.07, 6.45) is 3.93. The molecule has 1 N–H and O–H groups in total. The molecule has 0 aromatic carbocycles. The first kappa shape index (κ1) is 15.7. The summed E-state index contributed by atoms with van der Waals surface area (Å²) >= 11 is 0. The number of carbonyl (C=O) groups excluding carboxylic acids is 1. The lowest BCUT2D eigenvalue weighted by Gasteiger charge is -2.26. The molecule has 1 amide bonds. The number of hydrogen-bond donors (Lipinski definition) is 1. The zero-order chi connectivity index (χ0) is 14.9. The van der Waals surface area contributed by atoms with Gasteiger partial charge in [-0.3, -0.25) is 4.79 Å². The van der Waals surface area contributed by atoms with E-state index in [9.17, 15) is 4.79 Å². The maximum Gasteiger partial charge on any atom is 0.254 e. The first-order valence-electron chi connectivity index (χ1n) is 7.32. The number of nitrogens with one attached hydrogen (secondary N) is 1. The van der Waals surface area contributed by atoms with E-state index in [0.717, 1.165) is 19.5 Å². The Kier molecular flexibility index (Phi) is 6.36. The van der Waals surface area contributed by atoms with E-state index in [2.05, 4.69) is 15.3 Å². The fourth-order valence-electron chi connectivity index (χ4n) is 1.99. The summed E-state index contributed by atoms with van der Waals surface area (Å²) in [6.45, 7) is 6.83. The molecule has 7 nitrogen and oxygen atoms in total. The van der Waals surface area contributed by atoms with Crippen molar-refractivity contribution in [3.63, 3.8) is 0 Å². The number of ether oxygens (including phenoxy) is 2. The van der Waals surface area contributed by atoms with Gasteiger partial charge in [-0.15, -0.1) is 0 Å². The van der Waals surface area contributed by atoms with Crippen LogP contribution in [0, 0.1) is 0 Å². The largest absolute Gasteiger partial charge is 0.382 e. The molecule has 1 aromatic heterocycles. The van der Waals surface area contributed by atoms with E-state index >= 15 is 0 Å². The van der Waals surface area contributed by atoms with E-state index in [1.807, 2.05) is 11.8 Å². The molecule has 0 atom stereocenters. The van der Waals surface area contributed by atoms with Gasteiger partial charge in [0, 0.05) is 45.2 Å². The lowest BCUT2D eigenvalue weighted by molar-refractivity contribution is 0.0943. The number of amides is 1. The van der Waals surface area contributed by atoms with Crippen molar-refractivity contribution in [2.75, 3.05) is 51.0 Å². The summed E-state index contributed by atoms with van der Waals surface area (Å²) in [5, 5.41) is 2.82. The van der Waals surface area contributed by atoms with Crippen molar-refractivity contribution < 1.29 is 14.3 Å². The Balaban J connectivity index is 1.79. The Morgan fingerprint density at radius 3 is 2.76 bits per heavy atom. The van der Waals surface area contributed by atoms with E-state index in [0.29, 0.717) is 44.5 Å². The topological polar surface area (TPSA) is 76.6 Å². The molecule has 1 aliphatic heterocycles. The van der Waals surface area contributed by atoms with Gasteiger partial charge in [-0.2, -0.15) is 0 Å². The second kappa shape index (κ2) is 8.53. The second-order valence-corrected chi connectivity index (χ2v) is 4.68. The molecular weight excluding hydrogens is 272 g/mol. The zero-order valence-corrected chi connectivity index (χ0v) is 12.4. The van der Waals surface area contributed by atoms with Crippen LogP contribution in [0.4, 0.5) is 5.95 Å². The van der Waals surface area contributed by atoms with Crippen LogP contribution < -0.4 is 10.2 Å². The average Bonchev–Trinajstić information content (AvgIpc) is 2.55. The van der Waals surface area contributed by atoms with Gasteiger partial charge in [-0.05, 0) is 13.3 Å². The molecule has 7 heteroatoms. The predicted octanol–water partition coefficient (Wildman–Crippen LogP) is 0.470. The van der Waals surface area contributed by atoms with Gasteiger partial charge in [0.25, 0.3) is 5.91 Å². The number of anilines is 1. The number of aromatic nitrogens is 2. The fourth-order valence-corrected chi connectivity index (χ4v) is 1.99. The smallest absolute Gasteiger partial charge is 0.254 e. The van der Waals surface area contributed by atoms with E-state index < -0.39 is 0 Å². The van der Waals surface area contributed by atoms with E-state index in [1.165, 1.54) is 0 Å². The van der Waals surface area contributed by atoms with Crippen LogP contribution in [0.15, 0.2) is 12.4 Å². The summed E-state index contributed by atoms with van der Waals surface area (Å²) in [5.74, 6) is 0.492. The van der Waals surface area contributed by atoms with Crippen LogP contribution in [-0.4, -0.2) is 61.9 Å². The van der Waals surface area contributed by atoms with Gasteiger partial charge < -0.3 is 19.7 Å². The van der Waals surface area contributed by atoms with Gasteiger partial charge in [-0.25, -0.2) is 9.97 Å². The molecule has 21 heavy (non-hydrogen) atoms. The predicted molar refractivity (Wildman–Crippen MR) is 78.5 cm³/mol. The number of hydrogen-bond acceptors (Lipinski definition) is 6. The van der Waals surface area contributed by atoms with Crippen molar-refractivity contribution in [2.45, 2.75) is 13.3 Å². The molecule has 1 fully saturated rings. The molecule has 1 aromatic rings. The third kappa shape index (κ3) is 4.95. The average molecular weight is 294 g/mol. The maximum atomic E-state index is 11.9. The Bertz CT molecular complexity index is 432. The summed E-state index contributed by atoms with van der Waals surface area (Å²) < 4.78 is 10.5. The first-order chi connectivity index (χ1) is 10.3. The Hall–Kier alpha value is -1.73. The molecule has 0 unspecified atom stereocenters. The zero-order valence-electron chi connectivity index (χ0n) is 12.4. The number of rotatable bonds is 7. The first-order valence-corrected chi connectivity index (χ1v) is 7.32. The maximum absolute atomic E-state index is 11.9. The van der Waals surface area contributed by atoms with E-state index in [4.69, 9.17) is 9.47 Å². The number of morpholine rings is 1. The summed E-state index contributed by atoms with van der Waals surface area (Å²) in [4.78, 5) is 22.5. The highest BCUT2D eigenvalue weighted by Crippen LogP contribution is 2.09. The van der Waals surface area contributed by atoms with Crippen molar-refractivity contribution in [1.82, 2.24) is 15.3 Å². The van der Waals surface area contributed by atoms with E-state index in [-0.39, 0.29) is 5.91 Å². The third-order valence-corrected chi connectivity index (χ3v) is 3.15. The van der Waals surface area contributed by atoms with Gasteiger partial charge >= 0.3 is 0 Å². The molecule has 0 bridgehead atoms. The molecule has 2 heterocycles. The molecule has 2 rings (SSSR count). The van der Waals surface area contributed by atoms with Crippen LogP contribution in [0.25, 0.3) is 0 Å². The minimum absolute atomic E-state index is 0.153. The van der Waals surface area contributed by atoms with Crippen LogP contribution in [0.2, 0.25) is 0 Å². The summed E-state index contributed by atoms with van der Waals surface area (Å²) in [5.41, 5.74) is 0.475. The normalized spacial score (nSPS) is 15.0. The molecule has 0 radical (unpaired) electrons. The van der Waals surface area contributed by atoms with Crippen molar-refractivity contribution in [3.8, 4) is 0 Å². The van der Waals surface area contributed by atoms with Crippen LogP contribution >= 0.6 is 0 Å². The molecule has 116 valence electrons. The summed E-state index contributed by atoms with van der Waals surface area (Å²) in [7, 11) is 0. The molecule has 1 saturated heterocycles. The SMILES string of the molecule is CCOCCCNC(=O)c1cnc(N2CCOCC2)nc1. The lowest BCUT2D eigenvalue weighted by Crippen LogP contribution is -2.37. The lowest BCUT2D eigenvalue weighted by atomic mass is 10.3. The number of carbonyl (C=O) groups is 1. The second-order valence-electron chi connectivity index (χ2n) is 4.68. The van der Waals surface area contributed by atoms with Crippen LogP contribution in [-0.2, 0) is 9.47 Å². The molecular formula is C14H22N4O3. The van der Waals surface area contributed by atoms with Gasteiger partial charge in [0.2, 0.25) is 5.95 Å².